The summed E-state index contributed by atoms with van der Waals surface area (Å²) in [7, 11) is 3.47. The van der Waals surface area contributed by atoms with Gasteiger partial charge in [0.05, 0.1) is 6.04 Å². The minimum atomic E-state index is -0.0405. The highest BCUT2D eigenvalue weighted by atomic mass is 16.5. The number of rotatable bonds is 6. The van der Waals surface area contributed by atoms with Gasteiger partial charge in [0.2, 0.25) is 0 Å². The molecule has 2 aromatic rings. The van der Waals surface area contributed by atoms with Gasteiger partial charge in [-0.1, -0.05) is 24.6 Å². The van der Waals surface area contributed by atoms with Gasteiger partial charge < -0.3 is 14.6 Å². The van der Waals surface area contributed by atoms with Crippen LogP contribution in [-0.4, -0.2) is 52.9 Å². The van der Waals surface area contributed by atoms with Crippen LogP contribution in [0.3, 0.4) is 0 Å². The van der Waals surface area contributed by atoms with Crippen molar-refractivity contribution < 1.29 is 9.53 Å². The number of hydrogen-bond donors (Lipinski definition) is 1. The highest BCUT2D eigenvalue weighted by Gasteiger charge is 2.26. The number of hydrogen-bond acceptors (Lipinski definition) is 4. The number of nitrogens with one attached hydrogen (secondary N) is 1. The van der Waals surface area contributed by atoms with Crippen LogP contribution in [0.1, 0.15) is 36.7 Å². The van der Waals surface area contributed by atoms with Crippen LogP contribution in [0.2, 0.25) is 0 Å². The largest absolute Gasteiger partial charge is 0.483 e. The van der Waals surface area contributed by atoms with Crippen LogP contribution in [0.15, 0.2) is 36.7 Å². The molecule has 3 rings (SSSR count). The molecule has 0 saturated carbocycles. The van der Waals surface area contributed by atoms with E-state index in [2.05, 4.69) is 20.9 Å². The highest BCUT2D eigenvalue weighted by molar-refractivity contribution is 5.77. The molecule has 1 amide bonds. The first kappa shape index (κ1) is 17.5. The van der Waals surface area contributed by atoms with Gasteiger partial charge in [0.1, 0.15) is 11.6 Å². The molecule has 0 unspecified atom stereocenters. The molecule has 0 radical (unpaired) electrons. The maximum absolute atomic E-state index is 11.8. The summed E-state index contributed by atoms with van der Waals surface area (Å²) in [6.07, 6.45) is 7.21. The number of carbonyl (C=O) groups excluding carboxylic acids is 1. The van der Waals surface area contributed by atoms with Gasteiger partial charge in [-0.15, -0.1) is 0 Å². The number of nitrogens with zero attached hydrogens (tertiary/aromatic N) is 3. The third kappa shape index (κ3) is 4.39. The Morgan fingerprint density at radius 3 is 2.96 bits per heavy atom. The zero-order chi connectivity index (χ0) is 17.6. The number of H-pyrrole nitrogens is 1. The number of benzene rings is 1. The fourth-order valence-corrected chi connectivity index (χ4v) is 3.21. The van der Waals surface area contributed by atoms with Crippen LogP contribution in [0.25, 0.3) is 0 Å². The maximum atomic E-state index is 11.8. The topological polar surface area (TPSA) is 61.5 Å². The fraction of sp³-hybridized carbons (Fsp3) is 0.474. The van der Waals surface area contributed by atoms with E-state index < -0.39 is 0 Å². The van der Waals surface area contributed by atoms with Gasteiger partial charge in [-0.3, -0.25) is 9.69 Å². The van der Waals surface area contributed by atoms with Crippen molar-refractivity contribution in [2.45, 2.75) is 31.8 Å². The van der Waals surface area contributed by atoms with Gasteiger partial charge in [-0.25, -0.2) is 4.98 Å². The standard InChI is InChI=1S/C19H26N4O2/c1-22(2)18(24)14-25-17-9-4-3-7-15(17)13-23-12-6-5-8-16(23)19-20-10-11-21-19/h3-4,7,9-11,16H,5-6,8,12-14H2,1-2H3,(H,20,21)/t16-/m1/s1. The second kappa shape index (κ2) is 8.16. The number of likely N-dealkylation sites (tertiary alicyclic amines) is 1. The Hall–Kier alpha value is -2.34. The summed E-state index contributed by atoms with van der Waals surface area (Å²) in [6.45, 7) is 1.89. The summed E-state index contributed by atoms with van der Waals surface area (Å²) in [5.74, 6) is 1.77. The molecule has 1 fully saturated rings. The van der Waals surface area contributed by atoms with Gasteiger partial charge in [-0.05, 0) is 25.5 Å². The second-order valence-electron chi connectivity index (χ2n) is 6.64. The molecule has 6 heteroatoms. The summed E-state index contributed by atoms with van der Waals surface area (Å²) in [4.78, 5) is 23.5. The Kier molecular flexibility index (Phi) is 5.71. The molecule has 6 nitrogen and oxygen atoms in total. The quantitative estimate of drug-likeness (QED) is 0.876. The van der Waals surface area contributed by atoms with Gasteiger partial charge in [0.25, 0.3) is 5.91 Å². The fourth-order valence-electron chi connectivity index (χ4n) is 3.21. The zero-order valence-electron chi connectivity index (χ0n) is 14.9. The van der Waals surface area contributed by atoms with Crippen LogP contribution in [0.5, 0.6) is 5.75 Å². The van der Waals surface area contributed by atoms with Crippen LogP contribution in [-0.2, 0) is 11.3 Å². The van der Waals surface area contributed by atoms with Crippen molar-refractivity contribution in [3.8, 4) is 5.75 Å². The van der Waals surface area contributed by atoms with E-state index in [0.717, 1.165) is 36.6 Å². The van der Waals surface area contributed by atoms with Crippen molar-refractivity contribution in [3.63, 3.8) is 0 Å². The first-order valence-corrected chi connectivity index (χ1v) is 8.79. The van der Waals surface area contributed by atoms with Gasteiger partial charge in [-0.2, -0.15) is 0 Å². The van der Waals surface area contributed by atoms with E-state index in [0.29, 0.717) is 6.04 Å². The molecular formula is C19H26N4O2. The summed E-state index contributed by atoms with van der Waals surface area (Å²) < 4.78 is 5.79. The number of piperidine rings is 1. The molecule has 25 heavy (non-hydrogen) atoms. The number of para-hydroxylation sites is 1. The van der Waals surface area contributed by atoms with Crippen molar-refractivity contribution in [1.82, 2.24) is 19.8 Å². The first-order chi connectivity index (χ1) is 12.1. The average Bonchev–Trinajstić information content (AvgIpc) is 3.15. The molecule has 0 spiro atoms. The van der Waals surface area contributed by atoms with Gasteiger partial charge >= 0.3 is 0 Å². The predicted molar refractivity (Wildman–Crippen MR) is 96.2 cm³/mol. The van der Waals surface area contributed by atoms with Crippen molar-refractivity contribution in [2.75, 3.05) is 27.2 Å². The molecule has 1 saturated heterocycles. The van der Waals surface area contributed by atoms with E-state index in [1.54, 1.807) is 19.0 Å². The number of aromatic amines is 1. The predicted octanol–water partition coefficient (Wildman–Crippen LogP) is 2.60. The number of likely N-dealkylation sites (N-methyl/N-ethyl adjacent to an activating group) is 1. The van der Waals surface area contributed by atoms with Crippen molar-refractivity contribution >= 4 is 5.91 Å². The van der Waals surface area contributed by atoms with E-state index in [4.69, 9.17) is 4.74 Å². The van der Waals surface area contributed by atoms with Gasteiger partial charge in [0.15, 0.2) is 6.61 Å². The molecule has 0 aliphatic carbocycles. The normalized spacial score (nSPS) is 18.1. The van der Waals surface area contributed by atoms with E-state index in [-0.39, 0.29) is 12.5 Å². The summed E-state index contributed by atoms with van der Waals surface area (Å²) in [6, 6.07) is 8.27. The monoisotopic (exact) mass is 342 g/mol. The number of imidazole rings is 1. The van der Waals surface area contributed by atoms with E-state index in [1.165, 1.54) is 12.8 Å². The average molecular weight is 342 g/mol. The Morgan fingerprint density at radius 1 is 1.36 bits per heavy atom. The number of amides is 1. The maximum Gasteiger partial charge on any atom is 0.259 e. The molecule has 1 atom stereocenters. The smallest absolute Gasteiger partial charge is 0.259 e. The van der Waals surface area contributed by atoms with Crippen LogP contribution < -0.4 is 4.74 Å². The van der Waals surface area contributed by atoms with Crippen LogP contribution in [0.4, 0.5) is 0 Å². The summed E-state index contributed by atoms with van der Waals surface area (Å²) >= 11 is 0. The Bertz CT molecular complexity index is 684. The molecule has 0 bridgehead atoms. The number of carbonyl (C=O) groups is 1. The lowest BCUT2D eigenvalue weighted by atomic mass is 10.0. The van der Waals surface area contributed by atoms with Crippen LogP contribution >= 0.6 is 0 Å². The molecule has 1 N–H and O–H groups in total. The molecular weight excluding hydrogens is 316 g/mol. The highest BCUT2D eigenvalue weighted by Crippen LogP contribution is 2.31. The number of aromatic nitrogens is 2. The third-order valence-electron chi connectivity index (χ3n) is 4.64. The van der Waals surface area contributed by atoms with E-state index in [9.17, 15) is 4.79 Å². The zero-order valence-corrected chi connectivity index (χ0v) is 14.9. The molecule has 2 heterocycles. The summed E-state index contributed by atoms with van der Waals surface area (Å²) in [5, 5.41) is 0. The van der Waals surface area contributed by atoms with E-state index >= 15 is 0 Å². The molecule has 1 aliphatic rings. The minimum Gasteiger partial charge on any atom is -0.483 e. The molecule has 1 aromatic carbocycles. The van der Waals surface area contributed by atoms with Crippen molar-refractivity contribution in [3.05, 3.63) is 48.0 Å². The minimum absolute atomic E-state index is 0.0405. The molecule has 1 aromatic heterocycles. The van der Waals surface area contributed by atoms with Gasteiger partial charge in [0, 0.05) is 38.6 Å². The summed E-state index contributed by atoms with van der Waals surface area (Å²) in [5.41, 5.74) is 1.10. The van der Waals surface area contributed by atoms with Crippen molar-refractivity contribution in [1.29, 1.82) is 0 Å². The Morgan fingerprint density at radius 2 is 2.20 bits per heavy atom. The molecule has 134 valence electrons. The first-order valence-electron chi connectivity index (χ1n) is 8.79. The molecule has 1 aliphatic heterocycles. The lowest BCUT2D eigenvalue weighted by Gasteiger charge is -2.34. The van der Waals surface area contributed by atoms with E-state index in [1.807, 2.05) is 30.6 Å². The Labute approximate surface area is 148 Å². The lowest BCUT2D eigenvalue weighted by molar-refractivity contribution is -0.130. The lowest BCUT2D eigenvalue weighted by Crippen LogP contribution is -2.34. The number of ether oxygens (including phenoxy) is 1. The third-order valence-corrected chi connectivity index (χ3v) is 4.64. The van der Waals surface area contributed by atoms with Crippen molar-refractivity contribution in [2.24, 2.45) is 0 Å². The Balaban J connectivity index is 1.72. The SMILES string of the molecule is CN(C)C(=O)COc1ccccc1CN1CCCC[C@@H]1c1ncc[nH]1. The second-order valence-corrected chi connectivity index (χ2v) is 6.64. The van der Waals surface area contributed by atoms with Crippen LogP contribution in [0, 0.1) is 0 Å².